The van der Waals surface area contributed by atoms with Crippen LogP contribution in [0.15, 0.2) is 15.9 Å². The summed E-state index contributed by atoms with van der Waals surface area (Å²) in [6.07, 6.45) is 0.495. The van der Waals surface area contributed by atoms with Crippen LogP contribution in [0.25, 0.3) is 0 Å². The van der Waals surface area contributed by atoms with Crippen molar-refractivity contribution in [2.24, 2.45) is 5.41 Å². The van der Waals surface area contributed by atoms with Crippen LogP contribution in [-0.2, 0) is 11.2 Å². The number of hydrogen-bond donors (Lipinski definition) is 0. The Morgan fingerprint density at radius 3 is 2.79 bits per heavy atom. The molecular formula is C10H10BrNOS. The number of hydrogen-bond acceptors (Lipinski definition) is 3. The van der Waals surface area contributed by atoms with Gasteiger partial charge in [0.15, 0.2) is 0 Å². The van der Waals surface area contributed by atoms with Crippen LogP contribution in [0.1, 0.15) is 18.7 Å². The highest BCUT2D eigenvalue weighted by atomic mass is 79.9. The second-order valence-corrected chi connectivity index (χ2v) is 5.32. The third-order valence-electron chi connectivity index (χ3n) is 2.17. The Balaban J connectivity index is 2.87. The fraction of sp³-hybridized carbons (Fsp3) is 0.400. The molecular weight excluding hydrogens is 262 g/mol. The fourth-order valence-electron chi connectivity index (χ4n) is 1.04. The van der Waals surface area contributed by atoms with Crippen LogP contribution >= 0.6 is 27.3 Å². The number of Topliss-reactive ketones (excluding diaryl/α,β-unsaturated/α-hetero) is 1. The molecule has 0 spiro atoms. The van der Waals surface area contributed by atoms with Crippen molar-refractivity contribution in [2.75, 3.05) is 0 Å². The first-order chi connectivity index (χ1) is 6.48. The van der Waals surface area contributed by atoms with Gasteiger partial charge < -0.3 is 0 Å². The summed E-state index contributed by atoms with van der Waals surface area (Å²) >= 11 is 4.90. The number of carbonyl (C=O) groups is 1. The van der Waals surface area contributed by atoms with E-state index < -0.39 is 5.41 Å². The van der Waals surface area contributed by atoms with E-state index in [1.807, 2.05) is 11.4 Å². The first-order valence-corrected chi connectivity index (χ1v) is 5.80. The number of nitrogens with zero attached hydrogens (tertiary/aromatic N) is 1. The Morgan fingerprint density at radius 1 is 1.79 bits per heavy atom. The maximum Gasteiger partial charge on any atom is 0.150 e. The second-order valence-electron chi connectivity index (χ2n) is 3.41. The summed E-state index contributed by atoms with van der Waals surface area (Å²) in [5.41, 5.74) is -0.885. The van der Waals surface area contributed by atoms with Crippen LogP contribution in [0.3, 0.4) is 0 Å². The molecule has 1 unspecified atom stereocenters. The fourth-order valence-corrected chi connectivity index (χ4v) is 2.64. The highest BCUT2D eigenvalue weighted by molar-refractivity contribution is 9.10. The zero-order chi connectivity index (χ0) is 10.8. The van der Waals surface area contributed by atoms with Crippen molar-refractivity contribution in [2.45, 2.75) is 20.3 Å². The molecule has 0 bridgehead atoms. The molecule has 14 heavy (non-hydrogen) atoms. The number of ketones is 1. The van der Waals surface area contributed by atoms with E-state index in [2.05, 4.69) is 22.0 Å². The molecule has 2 nitrogen and oxygen atoms in total. The van der Waals surface area contributed by atoms with E-state index in [9.17, 15) is 4.79 Å². The molecule has 0 fully saturated rings. The molecule has 1 heterocycles. The van der Waals surface area contributed by atoms with Gasteiger partial charge in [0.2, 0.25) is 0 Å². The molecule has 0 aromatic carbocycles. The summed E-state index contributed by atoms with van der Waals surface area (Å²) in [7, 11) is 0. The van der Waals surface area contributed by atoms with Crippen molar-refractivity contribution in [3.63, 3.8) is 0 Å². The summed E-state index contributed by atoms with van der Waals surface area (Å²) in [5, 5.41) is 10.9. The zero-order valence-electron chi connectivity index (χ0n) is 8.00. The standard InChI is InChI=1S/C10H10BrNOS/c1-7(13)10(2,6-12)4-9-3-8(11)5-14-9/h3,5H,4H2,1-2H3. The van der Waals surface area contributed by atoms with Gasteiger partial charge in [-0.25, -0.2) is 0 Å². The van der Waals surface area contributed by atoms with E-state index in [0.717, 1.165) is 9.35 Å². The molecule has 0 saturated heterocycles. The van der Waals surface area contributed by atoms with E-state index in [1.54, 1.807) is 18.3 Å². The van der Waals surface area contributed by atoms with Crippen LogP contribution in [0.2, 0.25) is 0 Å². The molecule has 0 saturated carbocycles. The lowest BCUT2D eigenvalue weighted by Gasteiger charge is -2.16. The van der Waals surface area contributed by atoms with Gasteiger partial charge >= 0.3 is 0 Å². The first-order valence-electron chi connectivity index (χ1n) is 4.13. The normalized spacial score (nSPS) is 14.4. The molecule has 1 aromatic rings. The van der Waals surface area contributed by atoms with E-state index >= 15 is 0 Å². The van der Waals surface area contributed by atoms with Crippen LogP contribution in [0.4, 0.5) is 0 Å². The maximum atomic E-state index is 11.3. The highest BCUT2D eigenvalue weighted by Crippen LogP contribution is 2.28. The molecule has 4 heteroatoms. The van der Waals surface area contributed by atoms with Gasteiger partial charge in [-0.2, -0.15) is 5.26 Å². The number of thiophene rings is 1. The summed E-state index contributed by atoms with van der Waals surface area (Å²) in [5.74, 6) is -0.0791. The monoisotopic (exact) mass is 271 g/mol. The molecule has 1 atom stereocenters. The van der Waals surface area contributed by atoms with Crippen molar-refractivity contribution < 1.29 is 4.79 Å². The van der Waals surface area contributed by atoms with Gasteiger partial charge in [0.25, 0.3) is 0 Å². The number of carbonyl (C=O) groups excluding carboxylic acids is 1. The highest BCUT2D eigenvalue weighted by Gasteiger charge is 2.30. The van der Waals surface area contributed by atoms with Crippen molar-refractivity contribution in [1.82, 2.24) is 0 Å². The molecule has 1 rings (SSSR count). The lowest BCUT2D eigenvalue weighted by atomic mass is 9.84. The zero-order valence-corrected chi connectivity index (χ0v) is 10.4. The number of nitriles is 1. The van der Waals surface area contributed by atoms with E-state index in [4.69, 9.17) is 5.26 Å². The minimum absolute atomic E-state index is 0.0791. The Bertz CT molecular complexity index is 393. The van der Waals surface area contributed by atoms with Crippen LogP contribution in [0.5, 0.6) is 0 Å². The average molecular weight is 272 g/mol. The second kappa shape index (κ2) is 4.24. The van der Waals surface area contributed by atoms with Crippen LogP contribution < -0.4 is 0 Å². The summed E-state index contributed by atoms with van der Waals surface area (Å²) in [6, 6.07) is 4.03. The van der Waals surface area contributed by atoms with Crippen molar-refractivity contribution in [1.29, 1.82) is 5.26 Å². The van der Waals surface area contributed by atoms with Crippen LogP contribution in [-0.4, -0.2) is 5.78 Å². The van der Waals surface area contributed by atoms with Gasteiger partial charge in [0.05, 0.1) is 6.07 Å². The molecule has 0 N–H and O–H groups in total. The minimum Gasteiger partial charge on any atom is -0.298 e. The molecule has 0 radical (unpaired) electrons. The summed E-state index contributed by atoms with van der Waals surface area (Å²) in [4.78, 5) is 12.3. The molecule has 0 amide bonds. The third-order valence-corrected chi connectivity index (χ3v) is 3.87. The largest absolute Gasteiger partial charge is 0.298 e. The molecule has 0 aliphatic carbocycles. The topological polar surface area (TPSA) is 40.9 Å². The molecule has 0 aliphatic heterocycles. The van der Waals surface area contributed by atoms with Gasteiger partial charge in [0, 0.05) is 21.2 Å². The predicted molar refractivity (Wildman–Crippen MR) is 60.1 cm³/mol. The Hall–Kier alpha value is -0.660. The van der Waals surface area contributed by atoms with Gasteiger partial charge in [-0.3, -0.25) is 4.79 Å². The molecule has 74 valence electrons. The van der Waals surface area contributed by atoms with Gasteiger partial charge in [-0.15, -0.1) is 11.3 Å². The van der Waals surface area contributed by atoms with Crippen LogP contribution in [0, 0.1) is 16.7 Å². The molecule has 1 aromatic heterocycles. The van der Waals surface area contributed by atoms with Gasteiger partial charge in [-0.1, -0.05) is 0 Å². The van der Waals surface area contributed by atoms with Crippen molar-refractivity contribution >= 4 is 33.0 Å². The summed E-state index contributed by atoms with van der Waals surface area (Å²) in [6.45, 7) is 3.15. The Labute approximate surface area is 95.7 Å². The lowest BCUT2D eigenvalue weighted by molar-refractivity contribution is -0.123. The Morgan fingerprint density at radius 2 is 2.43 bits per heavy atom. The van der Waals surface area contributed by atoms with Gasteiger partial charge in [-0.05, 0) is 35.8 Å². The van der Waals surface area contributed by atoms with E-state index in [1.165, 1.54) is 6.92 Å². The lowest BCUT2D eigenvalue weighted by Crippen LogP contribution is -2.25. The summed E-state index contributed by atoms with van der Waals surface area (Å²) < 4.78 is 1.00. The Kier molecular flexibility index (Phi) is 3.46. The maximum absolute atomic E-state index is 11.3. The van der Waals surface area contributed by atoms with E-state index in [0.29, 0.717) is 6.42 Å². The quantitative estimate of drug-likeness (QED) is 0.848. The van der Waals surface area contributed by atoms with E-state index in [-0.39, 0.29) is 5.78 Å². The number of rotatable bonds is 3. The number of halogens is 1. The minimum atomic E-state index is -0.885. The smallest absolute Gasteiger partial charge is 0.150 e. The SMILES string of the molecule is CC(=O)C(C)(C#N)Cc1cc(Br)cs1. The third kappa shape index (κ3) is 2.43. The average Bonchev–Trinajstić information content (AvgIpc) is 2.50. The van der Waals surface area contributed by atoms with Gasteiger partial charge in [0.1, 0.15) is 11.2 Å². The van der Waals surface area contributed by atoms with Crippen molar-refractivity contribution in [3.05, 3.63) is 20.8 Å². The predicted octanol–water partition coefficient (Wildman–Crippen LogP) is 3.17. The molecule has 0 aliphatic rings. The first kappa shape index (κ1) is 11.4. The van der Waals surface area contributed by atoms with Crippen molar-refractivity contribution in [3.8, 4) is 6.07 Å².